The molecule has 1 atom stereocenters. The van der Waals surface area contributed by atoms with Crippen molar-refractivity contribution in [2.24, 2.45) is 0 Å². The van der Waals surface area contributed by atoms with Crippen molar-refractivity contribution in [1.29, 1.82) is 0 Å². The lowest BCUT2D eigenvalue weighted by molar-refractivity contribution is -0.183. The van der Waals surface area contributed by atoms with Gasteiger partial charge in [-0.2, -0.15) is 0 Å². The van der Waals surface area contributed by atoms with Crippen LogP contribution in [0.1, 0.15) is 55.1 Å². The maximum Gasteiger partial charge on any atom is 0.378 e. The number of ether oxygens (including phenoxy) is 1. The first-order valence-corrected chi connectivity index (χ1v) is 10.2. The van der Waals surface area contributed by atoms with Gasteiger partial charge in [0.2, 0.25) is 0 Å². The van der Waals surface area contributed by atoms with Crippen LogP contribution in [-0.2, 0) is 21.2 Å². The highest BCUT2D eigenvalue weighted by Crippen LogP contribution is 2.33. The number of ketones is 1. The molecule has 0 radical (unpaired) electrons. The molecule has 2 rings (SSSR count). The van der Waals surface area contributed by atoms with E-state index in [1.165, 1.54) is 13.1 Å². The number of hydrogen-bond acceptors (Lipinski definition) is 7. The van der Waals surface area contributed by atoms with Crippen molar-refractivity contribution < 1.29 is 28.7 Å². The number of carbonyl (C=O) groups is 2. The molecule has 8 heteroatoms. The number of aliphatic carboxylic acids is 1. The van der Waals surface area contributed by atoms with E-state index >= 15 is 0 Å². The fraction of sp³-hybridized carbons (Fsp3) is 0.381. The molecule has 0 bridgehead atoms. The fourth-order valence-electron chi connectivity index (χ4n) is 2.79. The van der Waals surface area contributed by atoms with Gasteiger partial charge in [0.15, 0.2) is 5.78 Å². The van der Waals surface area contributed by atoms with Gasteiger partial charge < -0.3 is 14.9 Å². The minimum Gasteiger partial charge on any atom is -0.507 e. The quantitative estimate of drug-likeness (QED) is 0.314. The number of rotatable bonds is 11. The standard InChI is InChI=1S/C21H25NO6S/c1-4-7-18-15(9-10-17(14(3)23)19(18)24)13-29-28-21(5-2,20(25)26)27-16-8-6-11-22-12-16/h6,8-12,24H,4-5,7,13H2,1-3H3,(H,25,26). The van der Waals surface area contributed by atoms with Gasteiger partial charge in [0, 0.05) is 30.4 Å². The number of phenolic OH excluding ortho intramolecular Hbond substituents is 1. The van der Waals surface area contributed by atoms with Crippen molar-refractivity contribution in [2.45, 2.75) is 51.6 Å². The predicted molar refractivity (Wildman–Crippen MR) is 110 cm³/mol. The molecule has 0 saturated heterocycles. The molecular weight excluding hydrogens is 394 g/mol. The second-order valence-electron chi connectivity index (χ2n) is 6.45. The molecule has 0 aliphatic carbocycles. The van der Waals surface area contributed by atoms with E-state index in [0.29, 0.717) is 12.0 Å². The summed E-state index contributed by atoms with van der Waals surface area (Å²) in [6, 6.07) is 6.57. The van der Waals surface area contributed by atoms with E-state index in [-0.39, 0.29) is 35.0 Å². The van der Waals surface area contributed by atoms with E-state index in [0.717, 1.165) is 24.0 Å². The number of carboxylic acid groups (broad SMARTS) is 1. The van der Waals surface area contributed by atoms with Crippen LogP contribution < -0.4 is 4.74 Å². The summed E-state index contributed by atoms with van der Waals surface area (Å²) in [4.78, 5) is 27.5. The molecule has 29 heavy (non-hydrogen) atoms. The second-order valence-corrected chi connectivity index (χ2v) is 7.14. The maximum atomic E-state index is 11.9. The van der Waals surface area contributed by atoms with Gasteiger partial charge in [-0.05, 0) is 42.7 Å². The molecule has 0 aliphatic heterocycles. The SMILES string of the molecule is CCCc1c(CSOC(CC)(Oc2cccnc2)C(=O)O)ccc(C(C)=O)c1O. The number of pyridine rings is 1. The number of Topliss-reactive ketones (excluding diaryl/α,β-unsaturated/α-hetero) is 1. The van der Waals surface area contributed by atoms with Crippen LogP contribution in [0.4, 0.5) is 0 Å². The average Bonchev–Trinajstić information content (AvgIpc) is 2.70. The number of aromatic hydroxyl groups is 1. The summed E-state index contributed by atoms with van der Waals surface area (Å²) >= 11 is 0.926. The molecule has 2 aromatic rings. The average molecular weight is 419 g/mol. The van der Waals surface area contributed by atoms with Crippen molar-refractivity contribution >= 4 is 23.8 Å². The summed E-state index contributed by atoms with van der Waals surface area (Å²) in [7, 11) is 0. The van der Waals surface area contributed by atoms with Crippen LogP contribution in [0.2, 0.25) is 0 Å². The summed E-state index contributed by atoms with van der Waals surface area (Å²) in [5.74, 6) is -2.79. The maximum absolute atomic E-state index is 11.9. The van der Waals surface area contributed by atoms with E-state index in [1.807, 2.05) is 6.92 Å². The normalized spacial score (nSPS) is 12.9. The molecule has 156 valence electrons. The molecule has 0 saturated carbocycles. The van der Waals surface area contributed by atoms with Crippen LogP contribution in [0.15, 0.2) is 36.7 Å². The van der Waals surface area contributed by atoms with Gasteiger partial charge >= 0.3 is 11.8 Å². The minimum absolute atomic E-state index is 0.0240. The summed E-state index contributed by atoms with van der Waals surface area (Å²) in [6.45, 7) is 5.03. The number of benzene rings is 1. The summed E-state index contributed by atoms with van der Waals surface area (Å²) < 4.78 is 11.2. The zero-order valence-corrected chi connectivity index (χ0v) is 17.5. The highest BCUT2D eigenvalue weighted by molar-refractivity contribution is 7.93. The van der Waals surface area contributed by atoms with Crippen molar-refractivity contribution in [3.8, 4) is 11.5 Å². The molecule has 1 aromatic heterocycles. The Labute approximate surface area is 174 Å². The monoisotopic (exact) mass is 419 g/mol. The zero-order chi connectivity index (χ0) is 21.4. The van der Waals surface area contributed by atoms with Crippen molar-refractivity contribution in [2.75, 3.05) is 0 Å². The number of phenols is 1. The molecule has 0 aliphatic rings. The third-order valence-electron chi connectivity index (χ3n) is 4.38. The van der Waals surface area contributed by atoms with E-state index in [2.05, 4.69) is 4.98 Å². The van der Waals surface area contributed by atoms with Gasteiger partial charge in [0.05, 0.1) is 11.8 Å². The lowest BCUT2D eigenvalue weighted by Crippen LogP contribution is -2.45. The lowest BCUT2D eigenvalue weighted by atomic mass is 9.98. The van der Waals surface area contributed by atoms with Crippen molar-refractivity contribution in [3.63, 3.8) is 0 Å². The Balaban J connectivity index is 2.19. The number of nitrogens with zero attached hydrogens (tertiary/aromatic N) is 1. The molecule has 0 fully saturated rings. The zero-order valence-electron chi connectivity index (χ0n) is 16.7. The van der Waals surface area contributed by atoms with Gasteiger partial charge in [-0.3, -0.25) is 14.0 Å². The molecular formula is C21H25NO6S. The Morgan fingerprint density at radius 3 is 2.55 bits per heavy atom. The fourth-order valence-corrected chi connectivity index (χ4v) is 3.66. The lowest BCUT2D eigenvalue weighted by Gasteiger charge is -2.28. The Hall–Kier alpha value is -2.58. The third kappa shape index (κ3) is 5.48. The Morgan fingerprint density at radius 1 is 1.24 bits per heavy atom. The number of hydrogen-bond donors (Lipinski definition) is 2. The number of carbonyl (C=O) groups excluding carboxylic acids is 1. The third-order valence-corrected chi connectivity index (χ3v) is 5.19. The van der Waals surface area contributed by atoms with Gasteiger partial charge in [-0.1, -0.05) is 26.3 Å². The smallest absolute Gasteiger partial charge is 0.378 e. The van der Waals surface area contributed by atoms with Gasteiger partial charge in [-0.25, -0.2) is 4.79 Å². The topological polar surface area (TPSA) is 106 Å². The van der Waals surface area contributed by atoms with Crippen LogP contribution in [0, 0.1) is 0 Å². The molecule has 7 nitrogen and oxygen atoms in total. The van der Waals surface area contributed by atoms with Crippen LogP contribution in [0.5, 0.6) is 11.5 Å². The molecule has 0 spiro atoms. The van der Waals surface area contributed by atoms with Crippen LogP contribution >= 0.6 is 12.0 Å². The van der Waals surface area contributed by atoms with Crippen molar-refractivity contribution in [1.82, 2.24) is 4.98 Å². The number of aromatic nitrogens is 1. The highest BCUT2D eigenvalue weighted by Gasteiger charge is 2.42. The van der Waals surface area contributed by atoms with Crippen LogP contribution in [0.3, 0.4) is 0 Å². The number of carboxylic acids is 1. The Bertz CT molecular complexity index is 858. The van der Waals surface area contributed by atoms with Gasteiger partial charge in [-0.15, -0.1) is 0 Å². The first-order chi connectivity index (χ1) is 13.8. The van der Waals surface area contributed by atoms with E-state index < -0.39 is 11.8 Å². The van der Waals surface area contributed by atoms with E-state index in [9.17, 15) is 19.8 Å². The molecule has 2 N–H and O–H groups in total. The predicted octanol–water partition coefficient (Wildman–Crippen LogP) is 4.38. The first-order valence-electron chi connectivity index (χ1n) is 9.32. The summed E-state index contributed by atoms with van der Waals surface area (Å²) in [5, 5.41) is 20.2. The van der Waals surface area contributed by atoms with Crippen LogP contribution in [-0.4, -0.2) is 32.7 Å². The first kappa shape index (κ1) is 22.7. The Morgan fingerprint density at radius 2 is 2.00 bits per heavy atom. The summed E-state index contributed by atoms with van der Waals surface area (Å²) in [6.07, 6.45) is 4.42. The molecule has 0 amide bonds. The highest BCUT2D eigenvalue weighted by atomic mass is 32.2. The molecule has 1 heterocycles. The second kappa shape index (κ2) is 10.3. The Kier molecular flexibility index (Phi) is 8.04. The molecule has 1 unspecified atom stereocenters. The van der Waals surface area contributed by atoms with E-state index in [4.69, 9.17) is 8.92 Å². The summed E-state index contributed by atoms with van der Waals surface area (Å²) in [5.41, 5.74) is 1.72. The largest absolute Gasteiger partial charge is 0.507 e. The minimum atomic E-state index is -1.88. The van der Waals surface area contributed by atoms with E-state index in [1.54, 1.807) is 37.4 Å². The van der Waals surface area contributed by atoms with Gasteiger partial charge in [0.25, 0.3) is 0 Å². The molecule has 1 aromatic carbocycles. The van der Waals surface area contributed by atoms with Crippen LogP contribution in [0.25, 0.3) is 0 Å². The van der Waals surface area contributed by atoms with Gasteiger partial charge in [0.1, 0.15) is 11.5 Å². The van der Waals surface area contributed by atoms with Crippen molar-refractivity contribution in [3.05, 3.63) is 53.3 Å².